The van der Waals surface area contributed by atoms with Crippen molar-refractivity contribution in [3.8, 4) is 0 Å². The standard InChI is InChI=1S/C12H14O3/c1-9-3-4-10(7-11(9)8-13)5-6-12(14)15-2/h3-7,13H,8H2,1-2H3/b6-5+. The molecule has 0 unspecified atom stereocenters. The van der Waals surface area contributed by atoms with Gasteiger partial charge in [-0.15, -0.1) is 0 Å². The lowest BCUT2D eigenvalue weighted by Gasteiger charge is -2.02. The second-order valence-corrected chi connectivity index (χ2v) is 3.20. The fourth-order valence-electron chi connectivity index (χ4n) is 1.20. The molecule has 3 heteroatoms. The first-order valence-corrected chi connectivity index (χ1v) is 4.63. The van der Waals surface area contributed by atoms with E-state index in [0.29, 0.717) is 0 Å². The summed E-state index contributed by atoms with van der Waals surface area (Å²) in [5.74, 6) is -0.388. The highest BCUT2D eigenvalue weighted by Crippen LogP contribution is 2.12. The van der Waals surface area contributed by atoms with E-state index >= 15 is 0 Å². The number of benzene rings is 1. The fourth-order valence-corrected chi connectivity index (χ4v) is 1.20. The monoisotopic (exact) mass is 206 g/mol. The number of aliphatic hydroxyl groups excluding tert-OH is 1. The van der Waals surface area contributed by atoms with Gasteiger partial charge in [-0.25, -0.2) is 4.79 Å². The number of hydrogen-bond donors (Lipinski definition) is 1. The predicted molar refractivity (Wildman–Crippen MR) is 58.2 cm³/mol. The summed E-state index contributed by atoms with van der Waals surface area (Å²) in [6.45, 7) is 1.94. The van der Waals surface area contributed by atoms with E-state index in [-0.39, 0.29) is 12.6 Å². The second-order valence-electron chi connectivity index (χ2n) is 3.20. The zero-order valence-corrected chi connectivity index (χ0v) is 8.86. The Morgan fingerprint density at radius 2 is 2.27 bits per heavy atom. The molecular weight excluding hydrogens is 192 g/mol. The molecule has 80 valence electrons. The maximum atomic E-state index is 10.8. The Bertz CT molecular complexity index is 380. The van der Waals surface area contributed by atoms with Gasteiger partial charge in [-0.3, -0.25) is 0 Å². The lowest BCUT2D eigenvalue weighted by molar-refractivity contribution is -0.134. The van der Waals surface area contributed by atoms with Crippen molar-refractivity contribution in [2.45, 2.75) is 13.5 Å². The van der Waals surface area contributed by atoms with Crippen molar-refractivity contribution < 1.29 is 14.6 Å². The summed E-state index contributed by atoms with van der Waals surface area (Å²) in [5, 5.41) is 9.05. The molecule has 0 aliphatic carbocycles. The van der Waals surface area contributed by atoms with Crippen LogP contribution in [-0.2, 0) is 16.1 Å². The van der Waals surface area contributed by atoms with Crippen molar-refractivity contribution in [3.63, 3.8) is 0 Å². The molecule has 0 aliphatic rings. The van der Waals surface area contributed by atoms with E-state index in [2.05, 4.69) is 4.74 Å². The fraction of sp³-hybridized carbons (Fsp3) is 0.250. The molecule has 1 rings (SSSR count). The van der Waals surface area contributed by atoms with Crippen LogP contribution in [0.15, 0.2) is 24.3 Å². The first-order chi connectivity index (χ1) is 7.17. The minimum atomic E-state index is -0.388. The molecule has 1 aromatic rings. The largest absolute Gasteiger partial charge is 0.466 e. The van der Waals surface area contributed by atoms with Crippen LogP contribution in [0, 0.1) is 6.92 Å². The Balaban J connectivity index is 2.87. The molecule has 15 heavy (non-hydrogen) atoms. The minimum Gasteiger partial charge on any atom is -0.466 e. The Morgan fingerprint density at radius 1 is 1.53 bits per heavy atom. The van der Waals surface area contributed by atoms with Crippen LogP contribution in [0.3, 0.4) is 0 Å². The lowest BCUT2D eigenvalue weighted by Crippen LogP contribution is -1.94. The van der Waals surface area contributed by atoms with Gasteiger partial charge in [-0.05, 0) is 35.8 Å². The molecule has 0 aliphatic heterocycles. The summed E-state index contributed by atoms with van der Waals surface area (Å²) in [7, 11) is 1.33. The van der Waals surface area contributed by atoms with Crippen LogP contribution in [0.2, 0.25) is 0 Å². The molecule has 3 nitrogen and oxygen atoms in total. The van der Waals surface area contributed by atoms with Crippen LogP contribution in [0.25, 0.3) is 6.08 Å². The number of ether oxygens (including phenoxy) is 1. The van der Waals surface area contributed by atoms with E-state index in [4.69, 9.17) is 5.11 Å². The van der Waals surface area contributed by atoms with E-state index in [9.17, 15) is 4.79 Å². The van der Waals surface area contributed by atoms with Crippen molar-refractivity contribution in [2.75, 3.05) is 7.11 Å². The average Bonchev–Trinajstić information content (AvgIpc) is 2.27. The van der Waals surface area contributed by atoms with Crippen molar-refractivity contribution in [1.29, 1.82) is 0 Å². The molecular formula is C12H14O3. The quantitative estimate of drug-likeness (QED) is 0.604. The van der Waals surface area contributed by atoms with Crippen LogP contribution >= 0.6 is 0 Å². The normalized spacial score (nSPS) is 10.6. The third-order valence-electron chi connectivity index (χ3n) is 2.16. The Kier molecular flexibility index (Phi) is 4.06. The van der Waals surface area contributed by atoms with Gasteiger partial charge in [-0.2, -0.15) is 0 Å². The van der Waals surface area contributed by atoms with E-state index < -0.39 is 0 Å². The summed E-state index contributed by atoms with van der Waals surface area (Å²) in [6, 6.07) is 5.63. The first kappa shape index (κ1) is 11.5. The van der Waals surface area contributed by atoms with Crippen molar-refractivity contribution >= 4 is 12.0 Å². The summed E-state index contributed by atoms with van der Waals surface area (Å²) in [4.78, 5) is 10.8. The Labute approximate surface area is 89.0 Å². The highest BCUT2D eigenvalue weighted by molar-refractivity contribution is 5.86. The van der Waals surface area contributed by atoms with E-state index in [1.54, 1.807) is 6.08 Å². The Morgan fingerprint density at radius 3 is 2.87 bits per heavy atom. The van der Waals surface area contributed by atoms with Gasteiger partial charge in [0.15, 0.2) is 0 Å². The molecule has 1 N–H and O–H groups in total. The van der Waals surface area contributed by atoms with Gasteiger partial charge < -0.3 is 9.84 Å². The third kappa shape index (κ3) is 3.22. The first-order valence-electron chi connectivity index (χ1n) is 4.63. The van der Waals surface area contributed by atoms with Crippen molar-refractivity contribution in [3.05, 3.63) is 41.0 Å². The smallest absolute Gasteiger partial charge is 0.330 e. The zero-order valence-electron chi connectivity index (χ0n) is 8.86. The van der Waals surface area contributed by atoms with Gasteiger partial charge in [0.1, 0.15) is 0 Å². The number of carbonyl (C=O) groups is 1. The van der Waals surface area contributed by atoms with Gasteiger partial charge in [0.05, 0.1) is 13.7 Å². The molecule has 0 bridgehead atoms. The molecule has 0 radical (unpaired) electrons. The molecule has 0 atom stereocenters. The number of carbonyl (C=O) groups excluding carboxylic acids is 1. The lowest BCUT2D eigenvalue weighted by atomic mass is 10.1. The molecule has 0 heterocycles. The van der Waals surface area contributed by atoms with Crippen LogP contribution in [0.5, 0.6) is 0 Å². The topological polar surface area (TPSA) is 46.5 Å². The summed E-state index contributed by atoms with van der Waals surface area (Å²) < 4.78 is 4.48. The number of methoxy groups -OCH3 is 1. The van der Waals surface area contributed by atoms with E-state index in [1.807, 2.05) is 25.1 Å². The summed E-state index contributed by atoms with van der Waals surface area (Å²) in [5.41, 5.74) is 2.77. The van der Waals surface area contributed by atoms with Gasteiger partial charge in [0, 0.05) is 6.08 Å². The van der Waals surface area contributed by atoms with Gasteiger partial charge in [0.2, 0.25) is 0 Å². The third-order valence-corrected chi connectivity index (χ3v) is 2.16. The summed E-state index contributed by atoms with van der Waals surface area (Å²) in [6.07, 6.45) is 3.01. The minimum absolute atomic E-state index is 0.00569. The highest BCUT2D eigenvalue weighted by atomic mass is 16.5. The number of esters is 1. The van der Waals surface area contributed by atoms with Crippen LogP contribution in [0.1, 0.15) is 16.7 Å². The van der Waals surface area contributed by atoms with Crippen LogP contribution < -0.4 is 0 Å². The van der Waals surface area contributed by atoms with Gasteiger partial charge in [0.25, 0.3) is 0 Å². The maximum absolute atomic E-state index is 10.8. The van der Waals surface area contributed by atoms with Crippen molar-refractivity contribution in [2.24, 2.45) is 0 Å². The SMILES string of the molecule is COC(=O)/C=C/c1ccc(C)c(CO)c1. The Hall–Kier alpha value is -1.61. The molecule has 0 aromatic heterocycles. The number of aliphatic hydroxyl groups is 1. The van der Waals surface area contributed by atoms with Crippen LogP contribution in [-0.4, -0.2) is 18.2 Å². The average molecular weight is 206 g/mol. The zero-order chi connectivity index (χ0) is 11.3. The number of rotatable bonds is 3. The van der Waals surface area contributed by atoms with E-state index in [0.717, 1.165) is 16.7 Å². The number of hydrogen-bond acceptors (Lipinski definition) is 3. The molecule has 0 fully saturated rings. The molecule has 0 saturated heterocycles. The van der Waals surface area contributed by atoms with Crippen LogP contribution in [0.4, 0.5) is 0 Å². The van der Waals surface area contributed by atoms with E-state index in [1.165, 1.54) is 13.2 Å². The number of aryl methyl sites for hydroxylation is 1. The molecule has 1 aromatic carbocycles. The maximum Gasteiger partial charge on any atom is 0.330 e. The van der Waals surface area contributed by atoms with Gasteiger partial charge in [-0.1, -0.05) is 12.1 Å². The highest BCUT2D eigenvalue weighted by Gasteiger charge is 1.98. The van der Waals surface area contributed by atoms with Gasteiger partial charge >= 0.3 is 5.97 Å². The van der Waals surface area contributed by atoms with Crippen molar-refractivity contribution in [1.82, 2.24) is 0 Å². The molecule has 0 saturated carbocycles. The summed E-state index contributed by atoms with van der Waals surface area (Å²) >= 11 is 0. The second kappa shape index (κ2) is 5.32. The molecule has 0 spiro atoms. The predicted octanol–water partition coefficient (Wildman–Crippen LogP) is 1.67. The molecule has 0 amide bonds.